The predicted octanol–water partition coefficient (Wildman–Crippen LogP) is 7.43. The summed E-state index contributed by atoms with van der Waals surface area (Å²) in [5.41, 5.74) is 9.45. The molecule has 0 aromatic heterocycles. The maximum absolute atomic E-state index is 3.77. The average Bonchev–Trinajstić information content (AvgIpc) is 2.92. The van der Waals surface area contributed by atoms with Crippen LogP contribution in [0.3, 0.4) is 0 Å². The second-order valence-corrected chi connectivity index (χ2v) is 8.99. The van der Waals surface area contributed by atoms with Gasteiger partial charge in [-0.25, -0.2) is 0 Å². The molecule has 0 radical (unpaired) electrons. The number of para-hydroxylation sites is 1. The van der Waals surface area contributed by atoms with Crippen LogP contribution in [0.15, 0.2) is 96.7 Å². The summed E-state index contributed by atoms with van der Waals surface area (Å²) in [4.78, 5) is 0. The molecule has 0 saturated carbocycles. The molecule has 144 valence electrons. The minimum Gasteiger partial charge on any atom is -0.358 e. The highest BCUT2D eigenvalue weighted by Gasteiger charge is 2.52. The average molecular weight is 378 g/mol. The zero-order chi connectivity index (χ0) is 20.1. The van der Waals surface area contributed by atoms with Crippen molar-refractivity contribution in [1.29, 1.82) is 0 Å². The van der Waals surface area contributed by atoms with Crippen LogP contribution in [-0.2, 0) is 5.41 Å². The zero-order valence-corrected chi connectivity index (χ0v) is 17.4. The van der Waals surface area contributed by atoms with Crippen LogP contribution in [0.5, 0.6) is 0 Å². The second-order valence-electron chi connectivity index (χ2n) is 8.99. The van der Waals surface area contributed by atoms with Crippen LogP contribution in [0.4, 0.5) is 5.69 Å². The first-order valence-corrected chi connectivity index (χ1v) is 10.4. The van der Waals surface area contributed by atoms with E-state index in [1.807, 2.05) is 0 Å². The molecule has 1 N–H and O–H groups in total. The second kappa shape index (κ2) is 6.49. The van der Waals surface area contributed by atoms with E-state index in [2.05, 4.69) is 117 Å². The summed E-state index contributed by atoms with van der Waals surface area (Å²) in [6.45, 7) is 7.22. The summed E-state index contributed by atoms with van der Waals surface area (Å²) in [6.07, 6.45) is 5.62. The number of rotatable bonds is 3. The van der Waals surface area contributed by atoms with Crippen molar-refractivity contribution in [3.63, 3.8) is 0 Å². The van der Waals surface area contributed by atoms with E-state index in [4.69, 9.17) is 0 Å². The molecule has 0 heterocycles. The Balaban J connectivity index is 1.53. The van der Waals surface area contributed by atoms with Crippen LogP contribution in [0.2, 0.25) is 0 Å². The Labute approximate surface area is 173 Å². The van der Waals surface area contributed by atoms with Gasteiger partial charge in [-0.15, -0.1) is 0 Å². The first-order chi connectivity index (χ1) is 14.0. The standard InChI is InChI=1S/C28H27N/c1-27(2)24-15-9-7-14-23(24)25-18-17-21(19-28(25,27)3)29-26-16-10-8-13-22(26)20-11-5-4-6-12-20/h4-18,29H,19H2,1-3H3. The lowest BCUT2D eigenvalue weighted by atomic mass is 9.62. The van der Waals surface area contributed by atoms with Crippen molar-refractivity contribution in [2.75, 3.05) is 5.32 Å². The molecule has 0 bridgehead atoms. The van der Waals surface area contributed by atoms with Gasteiger partial charge in [0.05, 0.1) is 0 Å². The highest BCUT2D eigenvalue weighted by atomic mass is 14.9. The predicted molar refractivity (Wildman–Crippen MR) is 124 cm³/mol. The van der Waals surface area contributed by atoms with Gasteiger partial charge in [-0.05, 0) is 40.8 Å². The third kappa shape index (κ3) is 2.68. The Bertz CT molecular complexity index is 1130. The van der Waals surface area contributed by atoms with Crippen LogP contribution in [0, 0.1) is 5.41 Å². The molecular weight excluding hydrogens is 350 g/mol. The van der Waals surface area contributed by atoms with Crippen LogP contribution in [0.25, 0.3) is 16.7 Å². The molecule has 1 atom stereocenters. The summed E-state index contributed by atoms with van der Waals surface area (Å²) in [6, 6.07) is 28.1. The van der Waals surface area contributed by atoms with E-state index in [0.29, 0.717) is 0 Å². The Morgan fingerprint density at radius 2 is 1.34 bits per heavy atom. The van der Waals surface area contributed by atoms with Gasteiger partial charge in [-0.1, -0.05) is 99.6 Å². The number of allylic oxidation sites excluding steroid dienone is 4. The number of hydrogen-bond donors (Lipinski definition) is 1. The van der Waals surface area contributed by atoms with Crippen LogP contribution in [-0.4, -0.2) is 0 Å². The third-order valence-electron chi connectivity index (χ3n) is 7.17. The smallest absolute Gasteiger partial charge is 0.0461 e. The molecular formula is C28H27N. The van der Waals surface area contributed by atoms with E-state index < -0.39 is 0 Å². The van der Waals surface area contributed by atoms with E-state index in [0.717, 1.165) is 6.42 Å². The molecule has 0 amide bonds. The van der Waals surface area contributed by atoms with Gasteiger partial charge >= 0.3 is 0 Å². The molecule has 3 aromatic rings. The van der Waals surface area contributed by atoms with E-state index >= 15 is 0 Å². The van der Waals surface area contributed by atoms with Gasteiger partial charge in [0.25, 0.3) is 0 Å². The Morgan fingerprint density at radius 1 is 0.690 bits per heavy atom. The summed E-state index contributed by atoms with van der Waals surface area (Å²) >= 11 is 0. The van der Waals surface area contributed by atoms with Gasteiger partial charge in [0, 0.05) is 27.8 Å². The van der Waals surface area contributed by atoms with Crippen molar-refractivity contribution in [2.24, 2.45) is 5.41 Å². The molecule has 0 fully saturated rings. The third-order valence-corrected chi connectivity index (χ3v) is 7.17. The van der Waals surface area contributed by atoms with Crippen molar-refractivity contribution in [2.45, 2.75) is 32.6 Å². The van der Waals surface area contributed by atoms with Crippen molar-refractivity contribution < 1.29 is 0 Å². The van der Waals surface area contributed by atoms with Gasteiger partial charge in [-0.3, -0.25) is 0 Å². The Hall–Kier alpha value is -3.06. The van der Waals surface area contributed by atoms with Gasteiger partial charge in [0.1, 0.15) is 0 Å². The molecule has 0 spiro atoms. The quantitative estimate of drug-likeness (QED) is 0.500. The van der Waals surface area contributed by atoms with Crippen LogP contribution < -0.4 is 5.32 Å². The summed E-state index contributed by atoms with van der Waals surface area (Å²) in [5, 5.41) is 3.77. The summed E-state index contributed by atoms with van der Waals surface area (Å²) < 4.78 is 0. The molecule has 0 saturated heterocycles. The monoisotopic (exact) mass is 377 g/mol. The van der Waals surface area contributed by atoms with Crippen LogP contribution in [0.1, 0.15) is 38.3 Å². The van der Waals surface area contributed by atoms with Gasteiger partial charge < -0.3 is 5.32 Å². The fourth-order valence-corrected chi connectivity index (χ4v) is 5.13. The largest absolute Gasteiger partial charge is 0.358 e. The lowest BCUT2D eigenvalue weighted by molar-refractivity contribution is 0.266. The van der Waals surface area contributed by atoms with Gasteiger partial charge in [-0.2, -0.15) is 0 Å². The van der Waals surface area contributed by atoms with Crippen molar-refractivity contribution in [1.82, 2.24) is 0 Å². The molecule has 1 nitrogen and oxygen atoms in total. The molecule has 1 unspecified atom stereocenters. The summed E-state index contributed by atoms with van der Waals surface area (Å²) in [7, 11) is 0. The van der Waals surface area contributed by atoms with Crippen molar-refractivity contribution in [3.05, 3.63) is 108 Å². The molecule has 3 aromatic carbocycles. The van der Waals surface area contributed by atoms with Gasteiger partial charge in [0.15, 0.2) is 0 Å². The highest BCUT2D eigenvalue weighted by molar-refractivity contribution is 5.84. The van der Waals surface area contributed by atoms with Gasteiger partial charge in [0.2, 0.25) is 0 Å². The molecule has 0 aliphatic heterocycles. The minimum absolute atomic E-state index is 0.0788. The SMILES string of the molecule is CC12CC(Nc3ccccc3-c3ccccc3)=CC=C1c1ccccc1C2(C)C. The summed E-state index contributed by atoms with van der Waals surface area (Å²) in [5.74, 6) is 0. The number of anilines is 1. The molecule has 1 heteroatoms. The molecule has 2 aliphatic carbocycles. The normalized spacial score (nSPS) is 21.6. The fourth-order valence-electron chi connectivity index (χ4n) is 5.13. The maximum Gasteiger partial charge on any atom is 0.0461 e. The number of fused-ring (bicyclic) bond motifs is 3. The van der Waals surface area contributed by atoms with E-state index in [1.165, 1.54) is 39.2 Å². The lowest BCUT2D eigenvalue weighted by Gasteiger charge is -2.42. The lowest BCUT2D eigenvalue weighted by Crippen LogP contribution is -2.36. The van der Waals surface area contributed by atoms with Crippen LogP contribution >= 0.6 is 0 Å². The topological polar surface area (TPSA) is 12.0 Å². The maximum atomic E-state index is 3.77. The molecule has 2 aliphatic rings. The van der Waals surface area contributed by atoms with Crippen molar-refractivity contribution >= 4 is 11.3 Å². The van der Waals surface area contributed by atoms with E-state index in [-0.39, 0.29) is 10.8 Å². The molecule has 29 heavy (non-hydrogen) atoms. The minimum atomic E-state index is 0.0788. The Morgan fingerprint density at radius 3 is 2.14 bits per heavy atom. The first-order valence-electron chi connectivity index (χ1n) is 10.4. The number of hydrogen-bond acceptors (Lipinski definition) is 1. The molecule has 5 rings (SSSR count). The Kier molecular flexibility index (Phi) is 4.03. The van der Waals surface area contributed by atoms with E-state index in [9.17, 15) is 0 Å². The number of nitrogens with one attached hydrogen (secondary N) is 1. The van der Waals surface area contributed by atoms with E-state index in [1.54, 1.807) is 0 Å². The highest BCUT2D eigenvalue weighted by Crippen LogP contribution is 2.62. The zero-order valence-electron chi connectivity index (χ0n) is 17.4. The fraction of sp³-hybridized carbons (Fsp3) is 0.214. The number of benzene rings is 3. The van der Waals surface area contributed by atoms with Crippen molar-refractivity contribution in [3.8, 4) is 11.1 Å². The first kappa shape index (κ1) is 18.0.